The fraction of sp³-hybridized carbons (Fsp3) is 0.308. The molecule has 9 heteroatoms. The second-order valence-electron chi connectivity index (χ2n) is 4.37. The maximum atomic E-state index is 11.7. The van der Waals surface area contributed by atoms with Crippen LogP contribution >= 0.6 is 23.2 Å². The highest BCUT2D eigenvalue weighted by atomic mass is 35.5. The number of nitrogens with one attached hydrogen (secondary N) is 1. The molecule has 1 aromatic carbocycles. The second kappa shape index (κ2) is 7.98. The van der Waals surface area contributed by atoms with Gasteiger partial charge in [0.25, 0.3) is 5.91 Å². The van der Waals surface area contributed by atoms with Crippen LogP contribution in [-0.4, -0.2) is 34.5 Å². The lowest BCUT2D eigenvalue weighted by atomic mass is 10.2. The first kappa shape index (κ1) is 18.2. The van der Waals surface area contributed by atoms with Crippen LogP contribution in [0, 0.1) is 0 Å². The van der Waals surface area contributed by atoms with E-state index in [-0.39, 0.29) is 6.61 Å². The minimum Gasteiger partial charge on any atom is -0.480 e. The quantitative estimate of drug-likeness (QED) is 0.382. The van der Waals surface area contributed by atoms with Crippen LogP contribution in [0.25, 0.3) is 0 Å². The molecule has 0 fully saturated rings. The minimum absolute atomic E-state index is 0.0950. The SMILES string of the molecule is N[C@@](Cl)(CC(=O)OCc1ccccc1Cl)C(=O)NCC(=O)O. The Morgan fingerprint density at radius 1 is 1.32 bits per heavy atom. The number of hydrogen-bond acceptors (Lipinski definition) is 5. The van der Waals surface area contributed by atoms with E-state index in [1.807, 2.05) is 5.32 Å². The first-order valence-electron chi connectivity index (χ1n) is 6.09. The number of nitrogens with two attached hydrogens (primary N) is 1. The summed E-state index contributed by atoms with van der Waals surface area (Å²) in [5, 5.41) is 10.9. The van der Waals surface area contributed by atoms with Gasteiger partial charge in [-0.1, -0.05) is 41.4 Å². The van der Waals surface area contributed by atoms with Crippen molar-refractivity contribution in [3.05, 3.63) is 34.9 Å². The molecule has 1 amide bonds. The molecule has 0 saturated carbocycles. The van der Waals surface area contributed by atoms with E-state index in [2.05, 4.69) is 0 Å². The summed E-state index contributed by atoms with van der Waals surface area (Å²) >= 11 is 11.6. The van der Waals surface area contributed by atoms with Crippen molar-refractivity contribution in [3.63, 3.8) is 0 Å². The molecule has 0 saturated heterocycles. The molecular weight excluding hydrogens is 335 g/mol. The van der Waals surface area contributed by atoms with E-state index in [9.17, 15) is 14.4 Å². The van der Waals surface area contributed by atoms with Gasteiger partial charge in [-0.15, -0.1) is 0 Å². The van der Waals surface area contributed by atoms with E-state index in [1.54, 1.807) is 24.3 Å². The average Bonchev–Trinajstić information content (AvgIpc) is 2.43. The van der Waals surface area contributed by atoms with E-state index in [0.29, 0.717) is 10.6 Å². The molecule has 4 N–H and O–H groups in total. The van der Waals surface area contributed by atoms with Crippen molar-refractivity contribution in [3.8, 4) is 0 Å². The number of rotatable bonds is 7. The molecule has 120 valence electrons. The Balaban J connectivity index is 2.51. The number of hydrogen-bond donors (Lipinski definition) is 3. The van der Waals surface area contributed by atoms with Gasteiger partial charge in [-0.05, 0) is 6.07 Å². The van der Waals surface area contributed by atoms with Gasteiger partial charge in [0.1, 0.15) is 13.2 Å². The van der Waals surface area contributed by atoms with Crippen molar-refractivity contribution in [1.82, 2.24) is 5.32 Å². The van der Waals surface area contributed by atoms with Gasteiger partial charge in [0.2, 0.25) is 0 Å². The van der Waals surface area contributed by atoms with Crippen molar-refractivity contribution >= 4 is 41.0 Å². The fourth-order valence-electron chi connectivity index (χ4n) is 1.42. The van der Waals surface area contributed by atoms with Crippen LogP contribution in [-0.2, 0) is 25.7 Å². The molecule has 1 atom stereocenters. The third-order valence-electron chi connectivity index (χ3n) is 2.53. The standard InChI is InChI=1S/C13H14Cl2N2O5/c14-9-4-2-1-3-8(9)7-22-11(20)5-13(15,16)12(21)17-6-10(18)19/h1-4H,5-7,16H2,(H,17,21)(H,18,19)/t13-/m0/s1. The highest BCUT2D eigenvalue weighted by molar-refractivity contribution is 6.35. The second-order valence-corrected chi connectivity index (χ2v) is 5.45. The number of ether oxygens (including phenoxy) is 1. The molecule has 0 heterocycles. The summed E-state index contributed by atoms with van der Waals surface area (Å²) in [6.45, 7) is -0.749. The summed E-state index contributed by atoms with van der Waals surface area (Å²) in [4.78, 5) is 31.5. The van der Waals surface area contributed by atoms with Gasteiger partial charge in [-0.3, -0.25) is 14.4 Å². The van der Waals surface area contributed by atoms with E-state index >= 15 is 0 Å². The van der Waals surface area contributed by atoms with Crippen molar-refractivity contribution in [2.75, 3.05) is 6.54 Å². The highest BCUT2D eigenvalue weighted by Gasteiger charge is 2.35. The first-order chi connectivity index (χ1) is 10.2. The number of benzene rings is 1. The molecule has 0 aliphatic heterocycles. The Morgan fingerprint density at radius 3 is 2.55 bits per heavy atom. The Labute approximate surface area is 136 Å². The molecule has 0 spiro atoms. The Bertz CT molecular complexity index is 577. The van der Waals surface area contributed by atoms with Crippen LogP contribution in [0.15, 0.2) is 24.3 Å². The van der Waals surface area contributed by atoms with Crippen molar-refractivity contribution in [2.45, 2.75) is 18.0 Å². The lowest BCUT2D eigenvalue weighted by molar-refractivity contribution is -0.147. The zero-order valence-corrected chi connectivity index (χ0v) is 12.9. The number of carbonyl (C=O) groups is 3. The van der Waals surface area contributed by atoms with E-state index < -0.39 is 35.8 Å². The molecule has 1 rings (SSSR count). The zero-order chi connectivity index (χ0) is 16.8. The number of alkyl halides is 1. The summed E-state index contributed by atoms with van der Waals surface area (Å²) in [5.74, 6) is -3.06. The molecule has 0 unspecified atom stereocenters. The lowest BCUT2D eigenvalue weighted by Crippen LogP contribution is -2.52. The predicted octanol–water partition coefficient (Wildman–Crippen LogP) is 0.868. The van der Waals surface area contributed by atoms with Crippen molar-refractivity contribution < 1.29 is 24.2 Å². The molecule has 22 heavy (non-hydrogen) atoms. The lowest BCUT2D eigenvalue weighted by Gasteiger charge is -2.19. The minimum atomic E-state index is -2.09. The molecule has 0 bridgehead atoms. The van der Waals surface area contributed by atoms with Gasteiger partial charge >= 0.3 is 11.9 Å². The van der Waals surface area contributed by atoms with E-state index in [1.165, 1.54) is 0 Å². The van der Waals surface area contributed by atoms with E-state index in [0.717, 1.165) is 0 Å². The molecular formula is C13H14Cl2N2O5. The van der Waals surface area contributed by atoms with Crippen LogP contribution in [0.3, 0.4) is 0 Å². The Morgan fingerprint density at radius 2 is 1.95 bits per heavy atom. The molecule has 1 aromatic rings. The van der Waals surface area contributed by atoms with Gasteiger partial charge in [-0.2, -0.15) is 0 Å². The number of aliphatic carboxylic acids is 1. The smallest absolute Gasteiger partial charge is 0.322 e. The van der Waals surface area contributed by atoms with Crippen molar-refractivity contribution in [2.24, 2.45) is 5.73 Å². The zero-order valence-electron chi connectivity index (χ0n) is 11.3. The summed E-state index contributed by atoms with van der Waals surface area (Å²) in [6.07, 6.45) is -0.621. The van der Waals surface area contributed by atoms with E-state index in [4.69, 9.17) is 38.8 Å². The highest BCUT2D eigenvalue weighted by Crippen LogP contribution is 2.18. The number of carbonyl (C=O) groups excluding carboxylic acids is 2. The van der Waals surface area contributed by atoms with Crippen LogP contribution in [0.4, 0.5) is 0 Å². The predicted molar refractivity (Wildman–Crippen MR) is 79.3 cm³/mol. The average molecular weight is 349 g/mol. The van der Waals surface area contributed by atoms with Crippen LogP contribution in [0.5, 0.6) is 0 Å². The summed E-state index contributed by atoms with van der Waals surface area (Å²) in [5.41, 5.74) is 6.07. The first-order valence-corrected chi connectivity index (χ1v) is 6.85. The van der Waals surface area contributed by atoms with Gasteiger partial charge < -0.3 is 20.9 Å². The van der Waals surface area contributed by atoms with Crippen molar-refractivity contribution in [1.29, 1.82) is 0 Å². The number of esters is 1. The molecule has 7 nitrogen and oxygen atoms in total. The topological polar surface area (TPSA) is 119 Å². The number of carboxylic acids is 1. The monoisotopic (exact) mass is 348 g/mol. The summed E-state index contributed by atoms with van der Waals surface area (Å²) < 4.78 is 4.94. The number of amides is 1. The maximum Gasteiger partial charge on any atom is 0.322 e. The summed E-state index contributed by atoms with van der Waals surface area (Å²) in [7, 11) is 0. The summed E-state index contributed by atoms with van der Waals surface area (Å²) in [6, 6.07) is 6.76. The van der Waals surface area contributed by atoms with Gasteiger partial charge in [0.05, 0.1) is 6.42 Å². The normalized spacial score (nSPS) is 13.0. The van der Waals surface area contributed by atoms with Crippen LogP contribution in [0.1, 0.15) is 12.0 Å². The largest absolute Gasteiger partial charge is 0.480 e. The Kier molecular flexibility index (Phi) is 6.61. The third-order valence-corrected chi connectivity index (χ3v) is 3.20. The molecule has 0 aromatic heterocycles. The molecule has 0 aliphatic rings. The van der Waals surface area contributed by atoms with Crippen LogP contribution < -0.4 is 11.1 Å². The van der Waals surface area contributed by atoms with Crippen LogP contribution in [0.2, 0.25) is 5.02 Å². The maximum absolute atomic E-state index is 11.7. The number of halogens is 2. The third kappa shape index (κ3) is 5.88. The van der Waals surface area contributed by atoms with Gasteiger partial charge in [0.15, 0.2) is 5.00 Å². The van der Waals surface area contributed by atoms with Gasteiger partial charge in [0, 0.05) is 10.6 Å². The van der Waals surface area contributed by atoms with Gasteiger partial charge in [-0.25, -0.2) is 0 Å². The Hall–Kier alpha value is -1.83. The number of carboxylic acid groups (broad SMARTS) is 1. The molecule has 0 aliphatic carbocycles. The fourth-order valence-corrected chi connectivity index (χ4v) is 1.78. The molecule has 0 radical (unpaired) electrons.